The van der Waals surface area contributed by atoms with E-state index in [4.69, 9.17) is 0 Å². The van der Waals surface area contributed by atoms with Crippen molar-refractivity contribution in [1.29, 1.82) is 0 Å². The van der Waals surface area contributed by atoms with Crippen molar-refractivity contribution in [2.24, 2.45) is 23.7 Å². The minimum atomic E-state index is 0.833. The lowest BCUT2D eigenvalue weighted by atomic mass is 9.54. The Balaban J connectivity index is 1.43. The molecule has 5 fully saturated rings. The van der Waals surface area contributed by atoms with Crippen molar-refractivity contribution < 1.29 is 9.80 Å². The summed E-state index contributed by atoms with van der Waals surface area (Å²) in [6.07, 6.45) is 7.99. The number of hydrogen-bond acceptors (Lipinski definition) is 0. The second-order valence-corrected chi connectivity index (χ2v) is 8.43. The smallest absolute Gasteiger partial charge is 0.127 e. The maximum absolute atomic E-state index is 2.39. The highest BCUT2D eigenvalue weighted by Gasteiger charge is 2.52. The second-order valence-electron chi connectivity index (χ2n) is 8.43. The van der Waals surface area contributed by atoms with E-state index in [0.717, 1.165) is 35.8 Å². The van der Waals surface area contributed by atoms with Crippen LogP contribution in [0, 0.1) is 23.7 Å². The zero-order chi connectivity index (χ0) is 13.0. The van der Waals surface area contributed by atoms with Crippen LogP contribution in [0.25, 0.3) is 0 Å². The molecule has 108 valence electrons. The van der Waals surface area contributed by atoms with Crippen LogP contribution in [0.3, 0.4) is 0 Å². The molecular weight excluding hydrogens is 232 g/mol. The van der Waals surface area contributed by atoms with Crippen LogP contribution in [-0.2, 0) is 0 Å². The molecule has 5 aliphatic rings. The molecule has 0 amide bonds. The van der Waals surface area contributed by atoms with Gasteiger partial charge in [-0.2, -0.15) is 0 Å². The van der Waals surface area contributed by atoms with Gasteiger partial charge in [-0.05, 0) is 57.8 Å². The van der Waals surface area contributed by atoms with Crippen LogP contribution < -0.4 is 9.80 Å². The summed E-state index contributed by atoms with van der Waals surface area (Å²) in [6.45, 7) is 10.6. The topological polar surface area (TPSA) is 8.88 Å². The zero-order valence-electron chi connectivity index (χ0n) is 12.8. The van der Waals surface area contributed by atoms with Gasteiger partial charge in [0.1, 0.15) is 26.2 Å². The third-order valence-electron chi connectivity index (χ3n) is 7.05. The lowest BCUT2D eigenvalue weighted by Crippen LogP contribution is -3.31. The first kappa shape index (κ1) is 12.6. The quantitative estimate of drug-likeness (QED) is 0.695. The summed E-state index contributed by atoms with van der Waals surface area (Å²) in [4.78, 5) is 3.87. The molecule has 0 spiro atoms. The molecule has 5 rings (SSSR count). The molecule has 0 aromatic rings. The molecule has 0 unspecified atom stereocenters. The summed E-state index contributed by atoms with van der Waals surface area (Å²) in [5, 5.41) is 0. The van der Waals surface area contributed by atoms with E-state index in [1.54, 1.807) is 32.1 Å². The highest BCUT2D eigenvalue weighted by Crippen LogP contribution is 2.52. The fourth-order valence-corrected chi connectivity index (χ4v) is 6.39. The molecule has 2 N–H and O–H groups in total. The third kappa shape index (κ3) is 2.15. The average Bonchev–Trinajstić information content (AvgIpc) is 2.38. The van der Waals surface area contributed by atoms with Crippen molar-refractivity contribution in [3.05, 3.63) is 0 Å². The van der Waals surface area contributed by atoms with Crippen LogP contribution >= 0.6 is 0 Å². The minimum absolute atomic E-state index is 0.833. The molecule has 4 bridgehead atoms. The Labute approximate surface area is 118 Å². The zero-order valence-corrected chi connectivity index (χ0v) is 12.8. The van der Waals surface area contributed by atoms with E-state index in [-0.39, 0.29) is 0 Å². The van der Waals surface area contributed by atoms with E-state index in [2.05, 4.69) is 13.8 Å². The van der Waals surface area contributed by atoms with E-state index in [1.165, 1.54) is 26.2 Å². The van der Waals surface area contributed by atoms with E-state index < -0.39 is 0 Å². The van der Waals surface area contributed by atoms with Crippen molar-refractivity contribution in [3.63, 3.8) is 0 Å². The third-order valence-corrected chi connectivity index (χ3v) is 7.05. The van der Waals surface area contributed by atoms with Crippen LogP contribution in [0.15, 0.2) is 0 Å². The van der Waals surface area contributed by atoms with Crippen LogP contribution in [0.2, 0.25) is 0 Å². The number of hydrogen-bond donors (Lipinski definition) is 2. The highest BCUT2D eigenvalue weighted by molar-refractivity contribution is 4.98. The van der Waals surface area contributed by atoms with E-state index in [0.29, 0.717) is 0 Å². The number of rotatable bonds is 2. The summed E-state index contributed by atoms with van der Waals surface area (Å²) in [5.41, 5.74) is 0. The first-order chi connectivity index (χ1) is 9.20. The molecular formula is C17H32N2+2. The number of piperazine rings is 1. The molecule has 1 saturated heterocycles. The summed E-state index contributed by atoms with van der Waals surface area (Å²) in [5.74, 6) is 4.51. The molecule has 2 nitrogen and oxygen atoms in total. The minimum Gasteiger partial charge on any atom is -0.324 e. The Bertz CT molecular complexity index is 302. The highest BCUT2D eigenvalue weighted by atomic mass is 15.3. The van der Waals surface area contributed by atoms with Gasteiger partial charge < -0.3 is 9.80 Å². The Morgan fingerprint density at radius 1 is 0.737 bits per heavy atom. The maximum atomic E-state index is 2.39. The molecule has 0 atom stereocenters. The van der Waals surface area contributed by atoms with Crippen molar-refractivity contribution >= 4 is 0 Å². The molecule has 19 heavy (non-hydrogen) atoms. The van der Waals surface area contributed by atoms with Crippen LogP contribution in [0.5, 0.6) is 0 Å². The van der Waals surface area contributed by atoms with Crippen LogP contribution in [0.1, 0.15) is 46.0 Å². The molecule has 1 aliphatic heterocycles. The lowest BCUT2D eigenvalue weighted by molar-refractivity contribution is -1.04. The second kappa shape index (κ2) is 4.73. The fraction of sp³-hybridized carbons (Fsp3) is 1.00. The van der Waals surface area contributed by atoms with Gasteiger partial charge in [0.05, 0.1) is 12.1 Å². The largest absolute Gasteiger partial charge is 0.324 e. The summed E-state index contributed by atoms with van der Waals surface area (Å²) >= 11 is 0. The predicted molar refractivity (Wildman–Crippen MR) is 77.4 cm³/mol. The van der Waals surface area contributed by atoms with Gasteiger partial charge in [-0.25, -0.2) is 0 Å². The van der Waals surface area contributed by atoms with Crippen LogP contribution in [-0.4, -0.2) is 38.3 Å². The van der Waals surface area contributed by atoms with Crippen molar-refractivity contribution in [2.45, 2.75) is 58.0 Å². The van der Waals surface area contributed by atoms with Crippen LogP contribution in [0.4, 0.5) is 0 Å². The standard InChI is InChI=1S/C17H30N2/c1-12(2)18-3-5-19(6-4-18)17-15-8-13-7-14(10-15)11-16(17)9-13/h12-17H,3-11H2,1-2H3/p+2. The molecule has 2 heteroatoms. The van der Waals surface area contributed by atoms with Gasteiger partial charge in [0, 0.05) is 11.8 Å². The van der Waals surface area contributed by atoms with E-state index in [9.17, 15) is 0 Å². The number of quaternary nitrogens is 2. The van der Waals surface area contributed by atoms with Gasteiger partial charge in [-0.15, -0.1) is 0 Å². The maximum Gasteiger partial charge on any atom is 0.127 e. The molecule has 0 aromatic heterocycles. The molecule has 0 radical (unpaired) electrons. The monoisotopic (exact) mass is 264 g/mol. The predicted octanol–water partition coefficient (Wildman–Crippen LogP) is 0.00290. The van der Waals surface area contributed by atoms with Crippen molar-refractivity contribution in [1.82, 2.24) is 0 Å². The van der Waals surface area contributed by atoms with Gasteiger partial charge in [0.15, 0.2) is 0 Å². The van der Waals surface area contributed by atoms with Crippen molar-refractivity contribution in [3.8, 4) is 0 Å². The fourth-order valence-electron chi connectivity index (χ4n) is 6.39. The van der Waals surface area contributed by atoms with Crippen molar-refractivity contribution in [2.75, 3.05) is 26.2 Å². The summed E-state index contributed by atoms with van der Waals surface area (Å²) < 4.78 is 0. The number of nitrogens with one attached hydrogen (secondary N) is 2. The SMILES string of the molecule is CC(C)[NH+]1CC[NH+](C2C3CC4CC(C3)CC2C4)CC1. The summed E-state index contributed by atoms with van der Waals surface area (Å²) in [6, 6.07) is 1.90. The molecule has 1 heterocycles. The van der Waals surface area contributed by atoms with E-state index >= 15 is 0 Å². The molecule has 4 saturated carbocycles. The summed E-state index contributed by atoms with van der Waals surface area (Å²) in [7, 11) is 0. The van der Waals surface area contributed by atoms with Gasteiger partial charge in [-0.1, -0.05) is 0 Å². The van der Waals surface area contributed by atoms with Gasteiger partial charge >= 0.3 is 0 Å². The first-order valence-corrected chi connectivity index (χ1v) is 8.90. The lowest BCUT2D eigenvalue weighted by Gasteiger charge is -2.55. The van der Waals surface area contributed by atoms with E-state index in [1.807, 2.05) is 9.80 Å². The van der Waals surface area contributed by atoms with Gasteiger partial charge in [-0.3, -0.25) is 0 Å². The molecule has 0 aromatic carbocycles. The normalized spacial score (nSPS) is 52.9. The van der Waals surface area contributed by atoms with Gasteiger partial charge in [0.25, 0.3) is 0 Å². The Morgan fingerprint density at radius 2 is 1.26 bits per heavy atom. The molecule has 4 aliphatic carbocycles. The Kier molecular flexibility index (Phi) is 3.15. The Morgan fingerprint density at radius 3 is 1.74 bits per heavy atom. The first-order valence-electron chi connectivity index (χ1n) is 8.90. The average molecular weight is 264 g/mol. The van der Waals surface area contributed by atoms with Gasteiger partial charge in [0.2, 0.25) is 0 Å². The Hall–Kier alpha value is -0.0800.